The lowest BCUT2D eigenvalue weighted by Crippen LogP contribution is -2.25. The molecule has 0 saturated heterocycles. The zero-order valence-corrected chi connectivity index (χ0v) is 22.8. The van der Waals surface area contributed by atoms with Gasteiger partial charge >= 0.3 is 0 Å². The van der Waals surface area contributed by atoms with Crippen molar-refractivity contribution in [2.45, 2.75) is 38.6 Å². The first-order valence-electron chi connectivity index (χ1n) is 13.1. The minimum Gasteiger partial charge on any atom is -0.508 e. The van der Waals surface area contributed by atoms with Crippen molar-refractivity contribution in [2.75, 3.05) is 52.9 Å². The van der Waals surface area contributed by atoms with E-state index in [0.717, 1.165) is 56.1 Å². The molecule has 4 rings (SSSR count). The van der Waals surface area contributed by atoms with Crippen molar-refractivity contribution < 1.29 is 19.3 Å². The van der Waals surface area contributed by atoms with Crippen LogP contribution in [0.3, 0.4) is 0 Å². The Morgan fingerprint density at radius 1 is 0.919 bits per heavy atom. The van der Waals surface area contributed by atoms with Crippen LogP contribution in [0.1, 0.15) is 41.5 Å². The van der Waals surface area contributed by atoms with E-state index in [-0.39, 0.29) is 0 Å². The monoisotopic (exact) mass is 504 g/mol. The van der Waals surface area contributed by atoms with Crippen LogP contribution in [0.25, 0.3) is 0 Å². The van der Waals surface area contributed by atoms with E-state index >= 15 is 0 Å². The molecule has 0 aliphatic heterocycles. The Labute approximate surface area is 221 Å². The lowest BCUT2D eigenvalue weighted by atomic mass is 9.79. The highest BCUT2D eigenvalue weighted by Crippen LogP contribution is 2.43. The molecule has 0 radical (unpaired) electrons. The number of rotatable bonds is 11. The lowest BCUT2D eigenvalue weighted by molar-refractivity contribution is 0.261. The predicted octanol–water partition coefficient (Wildman–Crippen LogP) is 5.65. The minimum absolute atomic E-state index is 0.343. The van der Waals surface area contributed by atoms with Gasteiger partial charge in [-0.15, -0.1) is 0 Å². The molecule has 1 aliphatic rings. The molecule has 0 bridgehead atoms. The van der Waals surface area contributed by atoms with Gasteiger partial charge in [0.15, 0.2) is 11.5 Å². The number of phenols is 1. The van der Waals surface area contributed by atoms with Crippen molar-refractivity contribution in [3.8, 4) is 23.0 Å². The van der Waals surface area contributed by atoms with Gasteiger partial charge in [0.05, 0.1) is 14.2 Å². The number of benzene rings is 3. The van der Waals surface area contributed by atoms with Crippen molar-refractivity contribution >= 4 is 5.69 Å². The van der Waals surface area contributed by atoms with Crippen LogP contribution in [0.4, 0.5) is 5.69 Å². The van der Waals surface area contributed by atoms with E-state index in [2.05, 4.69) is 59.2 Å². The molecule has 198 valence electrons. The summed E-state index contributed by atoms with van der Waals surface area (Å²) >= 11 is 0. The molecule has 0 aromatic heterocycles. The standard InChI is InChI=1S/C31H40N2O4/c1-6-33(21-22-7-13-27(14-8-22)37-16-15-32(2)3)29-20-31(36-5)30(35-4)19-28(29)25-10-9-24-18-26(34)12-11-23(24)17-25/h7-8,11-14,18-20,25,34H,6,9-10,15-17,21H2,1-5H3/t25-/m1/s1. The number of fused-ring (bicyclic) bond motifs is 1. The fourth-order valence-electron chi connectivity index (χ4n) is 5.12. The molecule has 1 N–H and O–H groups in total. The molecule has 0 spiro atoms. The Bertz CT molecular complexity index is 1180. The van der Waals surface area contributed by atoms with Crippen LogP contribution in [0.5, 0.6) is 23.0 Å². The zero-order chi connectivity index (χ0) is 26.4. The topological polar surface area (TPSA) is 54.4 Å². The van der Waals surface area contributed by atoms with Crippen molar-refractivity contribution in [1.29, 1.82) is 0 Å². The third-order valence-corrected chi connectivity index (χ3v) is 7.22. The van der Waals surface area contributed by atoms with Crippen molar-refractivity contribution in [1.82, 2.24) is 4.90 Å². The molecule has 1 atom stereocenters. The Kier molecular flexibility index (Phi) is 8.82. The summed E-state index contributed by atoms with van der Waals surface area (Å²) in [6.07, 6.45) is 2.91. The molecule has 6 heteroatoms. The Hall–Kier alpha value is -3.38. The molecule has 0 heterocycles. The van der Waals surface area contributed by atoms with E-state index in [0.29, 0.717) is 18.3 Å². The number of aryl methyl sites for hydroxylation is 1. The van der Waals surface area contributed by atoms with Gasteiger partial charge in [0.1, 0.15) is 18.1 Å². The Balaban J connectivity index is 1.60. The fourth-order valence-corrected chi connectivity index (χ4v) is 5.12. The fraction of sp³-hybridized carbons (Fsp3) is 0.419. The highest BCUT2D eigenvalue weighted by molar-refractivity contribution is 5.64. The molecule has 3 aromatic rings. The predicted molar refractivity (Wildman–Crippen MR) is 150 cm³/mol. The van der Waals surface area contributed by atoms with Crippen molar-refractivity contribution in [3.63, 3.8) is 0 Å². The molecule has 0 unspecified atom stereocenters. The number of phenolic OH excluding ortho intramolecular Hbond substituents is 1. The number of hydrogen-bond donors (Lipinski definition) is 1. The highest BCUT2D eigenvalue weighted by atomic mass is 16.5. The van der Waals surface area contributed by atoms with E-state index in [9.17, 15) is 5.11 Å². The molecule has 37 heavy (non-hydrogen) atoms. The largest absolute Gasteiger partial charge is 0.508 e. The molecule has 6 nitrogen and oxygen atoms in total. The molecular weight excluding hydrogens is 464 g/mol. The second-order valence-electron chi connectivity index (χ2n) is 9.97. The molecular formula is C31H40N2O4. The first-order chi connectivity index (χ1) is 17.9. The third-order valence-electron chi connectivity index (χ3n) is 7.22. The number of nitrogens with zero attached hydrogens (tertiary/aromatic N) is 2. The average Bonchev–Trinajstić information content (AvgIpc) is 2.91. The normalized spacial score (nSPS) is 14.8. The van der Waals surface area contributed by atoms with Crippen LogP contribution in [-0.4, -0.2) is 58.0 Å². The third kappa shape index (κ3) is 6.50. The average molecular weight is 505 g/mol. The SMILES string of the molecule is CCN(Cc1ccc(OCCN(C)C)cc1)c1cc(OC)c(OC)cc1[C@@H]1CCc2cc(O)ccc2C1. The molecule has 3 aromatic carbocycles. The minimum atomic E-state index is 0.343. The number of likely N-dealkylation sites (N-methyl/N-ethyl adjacent to an activating group) is 1. The number of hydrogen-bond acceptors (Lipinski definition) is 6. The van der Waals surface area contributed by atoms with Crippen molar-refractivity contribution in [2.24, 2.45) is 0 Å². The number of aromatic hydroxyl groups is 1. The van der Waals surface area contributed by atoms with Gasteiger partial charge in [-0.25, -0.2) is 0 Å². The quantitative estimate of drug-likeness (QED) is 0.364. The summed E-state index contributed by atoms with van der Waals surface area (Å²) in [6, 6.07) is 18.5. The number of anilines is 1. The van der Waals surface area contributed by atoms with Crippen LogP contribution in [0, 0.1) is 0 Å². The van der Waals surface area contributed by atoms with Gasteiger partial charge in [-0.05, 0) is 98.8 Å². The Morgan fingerprint density at radius 2 is 1.65 bits per heavy atom. The summed E-state index contributed by atoms with van der Waals surface area (Å²) in [5, 5.41) is 9.92. The van der Waals surface area contributed by atoms with E-state index < -0.39 is 0 Å². The molecule has 0 fully saturated rings. The maximum Gasteiger partial charge on any atom is 0.162 e. The second kappa shape index (κ2) is 12.2. The van der Waals surface area contributed by atoms with E-state index in [1.807, 2.05) is 20.2 Å². The zero-order valence-electron chi connectivity index (χ0n) is 22.8. The van der Waals surface area contributed by atoms with Gasteiger partial charge < -0.3 is 29.1 Å². The maximum atomic E-state index is 9.92. The molecule has 0 amide bonds. The number of ether oxygens (including phenoxy) is 3. The Morgan fingerprint density at radius 3 is 2.32 bits per heavy atom. The first-order valence-corrected chi connectivity index (χ1v) is 13.1. The van der Waals surface area contributed by atoms with Crippen LogP contribution in [-0.2, 0) is 19.4 Å². The maximum absolute atomic E-state index is 9.92. The van der Waals surface area contributed by atoms with Gasteiger partial charge in [-0.1, -0.05) is 18.2 Å². The second-order valence-corrected chi connectivity index (χ2v) is 9.97. The summed E-state index contributed by atoms with van der Waals surface area (Å²) in [5.74, 6) is 3.09. The van der Waals surface area contributed by atoms with Crippen LogP contribution in [0.15, 0.2) is 54.6 Å². The summed E-state index contributed by atoms with van der Waals surface area (Å²) in [7, 11) is 7.48. The van der Waals surface area contributed by atoms with Gasteiger partial charge in [0.25, 0.3) is 0 Å². The van der Waals surface area contributed by atoms with E-state index in [1.165, 1.54) is 27.9 Å². The molecule has 1 aliphatic carbocycles. The summed E-state index contributed by atoms with van der Waals surface area (Å²) in [5.41, 5.74) is 6.24. The van der Waals surface area contributed by atoms with Gasteiger partial charge in [0, 0.05) is 31.4 Å². The van der Waals surface area contributed by atoms with Crippen LogP contribution < -0.4 is 19.1 Å². The lowest BCUT2D eigenvalue weighted by Gasteiger charge is -2.32. The summed E-state index contributed by atoms with van der Waals surface area (Å²) < 4.78 is 17.3. The highest BCUT2D eigenvalue weighted by Gasteiger charge is 2.26. The summed E-state index contributed by atoms with van der Waals surface area (Å²) in [4.78, 5) is 4.52. The number of methoxy groups -OCH3 is 2. The van der Waals surface area contributed by atoms with Gasteiger partial charge in [0.2, 0.25) is 0 Å². The van der Waals surface area contributed by atoms with E-state index in [4.69, 9.17) is 14.2 Å². The summed E-state index contributed by atoms with van der Waals surface area (Å²) in [6.45, 7) is 5.40. The van der Waals surface area contributed by atoms with Gasteiger partial charge in [-0.2, -0.15) is 0 Å². The van der Waals surface area contributed by atoms with Crippen LogP contribution >= 0.6 is 0 Å². The van der Waals surface area contributed by atoms with Crippen molar-refractivity contribution in [3.05, 3.63) is 76.9 Å². The van der Waals surface area contributed by atoms with Crippen LogP contribution in [0.2, 0.25) is 0 Å². The van der Waals surface area contributed by atoms with Gasteiger partial charge in [-0.3, -0.25) is 0 Å². The first kappa shape index (κ1) is 26.7. The smallest absolute Gasteiger partial charge is 0.162 e. The van der Waals surface area contributed by atoms with E-state index in [1.54, 1.807) is 20.3 Å². The molecule has 0 saturated carbocycles.